The topological polar surface area (TPSA) is 80.0 Å². The molecule has 2 rings (SSSR count). The van der Waals surface area contributed by atoms with Crippen LogP contribution in [-0.4, -0.2) is 14.6 Å². The van der Waals surface area contributed by atoms with Crippen LogP contribution in [0.1, 0.15) is 11.1 Å². The molecule has 5 heteroatoms. The number of hydrogen-bond donors (Lipinski definition) is 1. The highest BCUT2D eigenvalue weighted by Gasteiger charge is 2.03. The van der Waals surface area contributed by atoms with Crippen molar-refractivity contribution in [3.63, 3.8) is 0 Å². The standard InChI is InChI=1S/C8H7N5/c9-1-6-3-11-8-7(2-10)4-12-13(8)5-6/h3-5H,2,10H2. The molecule has 64 valence electrons. The molecule has 5 nitrogen and oxygen atoms in total. The van der Waals surface area contributed by atoms with Gasteiger partial charge in [-0.15, -0.1) is 0 Å². The predicted octanol–water partition coefficient (Wildman–Crippen LogP) is 0.0597. The van der Waals surface area contributed by atoms with E-state index >= 15 is 0 Å². The summed E-state index contributed by atoms with van der Waals surface area (Å²) in [6, 6.07) is 1.99. The molecular formula is C8H7N5. The minimum absolute atomic E-state index is 0.405. The first-order valence-electron chi connectivity index (χ1n) is 3.77. The lowest BCUT2D eigenvalue weighted by Gasteiger charge is -1.93. The van der Waals surface area contributed by atoms with E-state index in [1.165, 1.54) is 6.20 Å². The molecule has 0 aliphatic carbocycles. The van der Waals surface area contributed by atoms with Gasteiger partial charge in [-0.1, -0.05) is 0 Å². The molecule has 0 spiro atoms. The zero-order chi connectivity index (χ0) is 9.26. The number of nitrogens with zero attached hydrogens (tertiary/aromatic N) is 4. The van der Waals surface area contributed by atoms with E-state index in [-0.39, 0.29) is 0 Å². The van der Waals surface area contributed by atoms with Crippen molar-refractivity contribution in [1.29, 1.82) is 5.26 Å². The van der Waals surface area contributed by atoms with Crippen molar-refractivity contribution in [3.8, 4) is 6.07 Å². The molecule has 2 N–H and O–H groups in total. The molecular weight excluding hydrogens is 166 g/mol. The number of nitrogens with two attached hydrogens (primary N) is 1. The van der Waals surface area contributed by atoms with Gasteiger partial charge in [-0.05, 0) is 0 Å². The zero-order valence-corrected chi connectivity index (χ0v) is 6.81. The van der Waals surface area contributed by atoms with Crippen LogP contribution in [0.5, 0.6) is 0 Å². The van der Waals surface area contributed by atoms with Gasteiger partial charge in [0.2, 0.25) is 0 Å². The molecule has 0 unspecified atom stereocenters. The average Bonchev–Trinajstić information content (AvgIpc) is 2.59. The van der Waals surface area contributed by atoms with Gasteiger partial charge in [0.15, 0.2) is 5.65 Å². The first kappa shape index (κ1) is 7.71. The summed E-state index contributed by atoms with van der Waals surface area (Å²) in [5, 5.41) is 12.6. The van der Waals surface area contributed by atoms with E-state index < -0.39 is 0 Å². The summed E-state index contributed by atoms with van der Waals surface area (Å²) < 4.78 is 1.56. The first-order valence-corrected chi connectivity index (χ1v) is 3.77. The second-order valence-electron chi connectivity index (χ2n) is 2.60. The van der Waals surface area contributed by atoms with Crippen LogP contribution in [0.4, 0.5) is 0 Å². The Labute approximate surface area is 74.4 Å². The lowest BCUT2D eigenvalue weighted by Crippen LogP contribution is -1.97. The van der Waals surface area contributed by atoms with Gasteiger partial charge >= 0.3 is 0 Å². The fourth-order valence-electron chi connectivity index (χ4n) is 1.13. The molecule has 0 fully saturated rings. The molecule has 0 atom stereocenters. The monoisotopic (exact) mass is 173 g/mol. The van der Waals surface area contributed by atoms with Crippen LogP contribution in [0.25, 0.3) is 5.65 Å². The van der Waals surface area contributed by atoms with E-state index in [2.05, 4.69) is 10.1 Å². The Balaban J connectivity index is 2.70. The average molecular weight is 173 g/mol. The van der Waals surface area contributed by atoms with Crippen molar-refractivity contribution < 1.29 is 0 Å². The quantitative estimate of drug-likeness (QED) is 0.661. The van der Waals surface area contributed by atoms with Gasteiger partial charge in [0, 0.05) is 18.3 Å². The number of nitriles is 1. The lowest BCUT2D eigenvalue weighted by atomic mass is 10.3. The summed E-state index contributed by atoms with van der Waals surface area (Å²) in [5.41, 5.74) is 7.55. The summed E-state index contributed by atoms with van der Waals surface area (Å²) in [6.45, 7) is 0.405. The van der Waals surface area contributed by atoms with E-state index in [0.29, 0.717) is 17.8 Å². The van der Waals surface area contributed by atoms with Crippen LogP contribution in [-0.2, 0) is 6.54 Å². The number of aromatic nitrogens is 3. The minimum atomic E-state index is 0.405. The lowest BCUT2D eigenvalue weighted by molar-refractivity contribution is 0.934. The maximum Gasteiger partial charge on any atom is 0.159 e. The van der Waals surface area contributed by atoms with E-state index in [1.54, 1.807) is 16.9 Å². The van der Waals surface area contributed by atoms with Gasteiger partial charge < -0.3 is 5.73 Å². The smallest absolute Gasteiger partial charge is 0.159 e. The summed E-state index contributed by atoms with van der Waals surface area (Å²) >= 11 is 0. The van der Waals surface area contributed by atoms with Crippen LogP contribution in [0.15, 0.2) is 18.6 Å². The second kappa shape index (κ2) is 2.84. The van der Waals surface area contributed by atoms with Gasteiger partial charge in [-0.3, -0.25) is 0 Å². The van der Waals surface area contributed by atoms with E-state index in [1.807, 2.05) is 6.07 Å². The van der Waals surface area contributed by atoms with Gasteiger partial charge in [0.1, 0.15) is 6.07 Å². The summed E-state index contributed by atoms with van der Waals surface area (Å²) in [7, 11) is 0. The Hall–Kier alpha value is -1.93. The normalized spacial score (nSPS) is 10.2. The summed E-state index contributed by atoms with van der Waals surface area (Å²) in [5.74, 6) is 0. The Morgan fingerprint density at radius 1 is 1.54 bits per heavy atom. The van der Waals surface area contributed by atoms with Crippen molar-refractivity contribution in [3.05, 3.63) is 29.7 Å². The highest BCUT2D eigenvalue weighted by atomic mass is 15.2. The Bertz CT molecular complexity index is 479. The largest absolute Gasteiger partial charge is 0.326 e. The van der Waals surface area contributed by atoms with Crippen LogP contribution in [0, 0.1) is 11.3 Å². The van der Waals surface area contributed by atoms with Gasteiger partial charge in [0.25, 0.3) is 0 Å². The Morgan fingerprint density at radius 3 is 3.08 bits per heavy atom. The minimum Gasteiger partial charge on any atom is -0.326 e. The predicted molar refractivity (Wildman–Crippen MR) is 45.6 cm³/mol. The van der Waals surface area contributed by atoms with E-state index in [9.17, 15) is 0 Å². The molecule has 0 aliphatic rings. The number of rotatable bonds is 1. The van der Waals surface area contributed by atoms with Crippen LogP contribution >= 0.6 is 0 Å². The highest BCUT2D eigenvalue weighted by molar-refractivity contribution is 5.47. The number of fused-ring (bicyclic) bond motifs is 1. The third-order valence-corrected chi connectivity index (χ3v) is 1.78. The molecule has 2 heterocycles. The van der Waals surface area contributed by atoms with Gasteiger partial charge in [-0.2, -0.15) is 10.4 Å². The van der Waals surface area contributed by atoms with E-state index in [4.69, 9.17) is 11.0 Å². The van der Waals surface area contributed by atoms with Crippen molar-refractivity contribution in [1.82, 2.24) is 14.6 Å². The maximum absolute atomic E-state index is 8.61. The van der Waals surface area contributed by atoms with Crippen molar-refractivity contribution in [2.24, 2.45) is 5.73 Å². The first-order chi connectivity index (χ1) is 6.35. The molecule has 0 aliphatic heterocycles. The Morgan fingerprint density at radius 2 is 2.38 bits per heavy atom. The molecule has 0 radical (unpaired) electrons. The summed E-state index contributed by atoms with van der Waals surface area (Å²) in [4.78, 5) is 4.08. The third-order valence-electron chi connectivity index (χ3n) is 1.78. The number of hydrogen-bond acceptors (Lipinski definition) is 4. The van der Waals surface area contributed by atoms with Gasteiger partial charge in [0.05, 0.1) is 18.0 Å². The fourth-order valence-corrected chi connectivity index (χ4v) is 1.13. The van der Waals surface area contributed by atoms with E-state index in [0.717, 1.165) is 5.56 Å². The van der Waals surface area contributed by atoms with Crippen molar-refractivity contribution in [2.45, 2.75) is 6.54 Å². The summed E-state index contributed by atoms with van der Waals surface area (Å²) in [6.07, 6.45) is 4.79. The molecule has 0 bridgehead atoms. The highest BCUT2D eigenvalue weighted by Crippen LogP contribution is 2.06. The SMILES string of the molecule is N#Cc1cnc2c(CN)cnn2c1. The fraction of sp³-hybridized carbons (Fsp3) is 0.125. The molecule has 0 saturated carbocycles. The van der Waals surface area contributed by atoms with Crippen LogP contribution in [0.2, 0.25) is 0 Å². The van der Waals surface area contributed by atoms with Crippen molar-refractivity contribution in [2.75, 3.05) is 0 Å². The molecule has 2 aromatic rings. The molecule has 0 amide bonds. The van der Waals surface area contributed by atoms with Gasteiger partial charge in [-0.25, -0.2) is 9.50 Å². The van der Waals surface area contributed by atoms with Crippen molar-refractivity contribution >= 4 is 5.65 Å². The molecule has 0 saturated heterocycles. The van der Waals surface area contributed by atoms with Crippen LogP contribution in [0.3, 0.4) is 0 Å². The molecule has 13 heavy (non-hydrogen) atoms. The molecule has 0 aromatic carbocycles. The second-order valence-corrected chi connectivity index (χ2v) is 2.60. The third kappa shape index (κ3) is 1.13. The zero-order valence-electron chi connectivity index (χ0n) is 6.81. The van der Waals surface area contributed by atoms with Crippen LogP contribution < -0.4 is 5.73 Å². The maximum atomic E-state index is 8.61. The Kier molecular flexibility index (Phi) is 1.69. The molecule has 2 aromatic heterocycles.